The third kappa shape index (κ3) is 5.49. The van der Waals surface area contributed by atoms with Crippen LogP contribution in [0.15, 0.2) is 48.6 Å². The predicted molar refractivity (Wildman–Crippen MR) is 79.8 cm³/mol. The first kappa shape index (κ1) is 17.7. The first-order valence-electron chi connectivity index (χ1n) is 7.30. The van der Waals surface area contributed by atoms with Gasteiger partial charge in [-0.2, -0.15) is 13.2 Å². The Bertz CT molecular complexity index is 527. The number of rotatable bonds is 5. The Hall–Kier alpha value is -1.63. The molecule has 0 aromatic heterocycles. The average Bonchev–Trinajstić information content (AvgIpc) is 2.55. The van der Waals surface area contributed by atoms with E-state index in [4.69, 9.17) is 14.2 Å². The lowest BCUT2D eigenvalue weighted by Crippen LogP contribution is -2.33. The van der Waals surface area contributed by atoms with Gasteiger partial charge in [0.05, 0.1) is 25.4 Å². The van der Waals surface area contributed by atoms with E-state index in [1.165, 1.54) is 12.1 Å². The summed E-state index contributed by atoms with van der Waals surface area (Å²) in [5.41, 5.74) is -0.0171. The van der Waals surface area contributed by atoms with Crippen LogP contribution in [0, 0.1) is 0 Å². The molecule has 1 aliphatic heterocycles. The Morgan fingerprint density at radius 2 is 1.87 bits per heavy atom. The zero-order chi connectivity index (χ0) is 16.7. The summed E-state index contributed by atoms with van der Waals surface area (Å²) in [5.74, 6) is 0. The van der Waals surface area contributed by atoms with Crippen molar-refractivity contribution in [1.82, 2.24) is 0 Å². The van der Waals surface area contributed by atoms with Gasteiger partial charge in [-0.05, 0) is 24.6 Å². The highest BCUT2D eigenvalue weighted by atomic mass is 19.4. The molecule has 0 aliphatic carbocycles. The SMILES string of the molecule is C/C=C/C=C/CO[C@@H]1CO[C@@H](c2ccc(C(F)(F)F)cc2)CO1. The molecular weight excluding hydrogens is 309 g/mol. The van der Waals surface area contributed by atoms with Crippen LogP contribution in [-0.4, -0.2) is 26.1 Å². The second-order valence-electron chi connectivity index (χ2n) is 4.99. The van der Waals surface area contributed by atoms with Crippen LogP contribution in [0.4, 0.5) is 13.2 Å². The van der Waals surface area contributed by atoms with Gasteiger partial charge in [0.25, 0.3) is 0 Å². The van der Waals surface area contributed by atoms with E-state index in [2.05, 4.69) is 0 Å². The van der Waals surface area contributed by atoms with Crippen molar-refractivity contribution >= 4 is 0 Å². The molecule has 1 aromatic carbocycles. The van der Waals surface area contributed by atoms with Gasteiger partial charge in [0.1, 0.15) is 6.10 Å². The van der Waals surface area contributed by atoms with Crippen LogP contribution in [0.25, 0.3) is 0 Å². The first-order valence-corrected chi connectivity index (χ1v) is 7.30. The molecule has 6 heteroatoms. The zero-order valence-corrected chi connectivity index (χ0v) is 12.8. The summed E-state index contributed by atoms with van der Waals surface area (Å²) < 4.78 is 54.2. The van der Waals surface area contributed by atoms with Crippen LogP contribution >= 0.6 is 0 Å². The number of allylic oxidation sites excluding steroid dienone is 3. The van der Waals surface area contributed by atoms with Gasteiger partial charge in [-0.25, -0.2) is 0 Å². The van der Waals surface area contributed by atoms with Gasteiger partial charge in [-0.1, -0.05) is 36.4 Å². The minimum Gasteiger partial charge on any atom is -0.366 e. The summed E-state index contributed by atoms with van der Waals surface area (Å²) in [5, 5.41) is 0. The number of halogens is 3. The lowest BCUT2D eigenvalue weighted by atomic mass is 10.1. The minimum absolute atomic E-state index is 0.239. The molecule has 0 radical (unpaired) electrons. The van der Waals surface area contributed by atoms with E-state index in [9.17, 15) is 13.2 Å². The van der Waals surface area contributed by atoms with Crippen molar-refractivity contribution in [1.29, 1.82) is 0 Å². The first-order chi connectivity index (χ1) is 11.0. The molecule has 0 bridgehead atoms. The maximum Gasteiger partial charge on any atom is 0.416 e. The van der Waals surface area contributed by atoms with Gasteiger partial charge in [0, 0.05) is 0 Å². The minimum atomic E-state index is -4.33. The van der Waals surface area contributed by atoms with Crippen LogP contribution in [0.2, 0.25) is 0 Å². The van der Waals surface area contributed by atoms with Crippen molar-refractivity contribution in [2.75, 3.05) is 19.8 Å². The van der Waals surface area contributed by atoms with Crippen molar-refractivity contribution < 1.29 is 27.4 Å². The van der Waals surface area contributed by atoms with Gasteiger partial charge < -0.3 is 14.2 Å². The summed E-state index contributed by atoms with van der Waals surface area (Å²) in [7, 11) is 0. The largest absolute Gasteiger partial charge is 0.416 e. The summed E-state index contributed by atoms with van der Waals surface area (Å²) in [6, 6.07) is 4.93. The molecule has 0 unspecified atom stereocenters. The molecule has 126 valence electrons. The third-order valence-corrected chi connectivity index (χ3v) is 3.29. The molecule has 1 aliphatic rings. The highest BCUT2D eigenvalue weighted by molar-refractivity contribution is 5.26. The van der Waals surface area contributed by atoms with E-state index >= 15 is 0 Å². The highest BCUT2D eigenvalue weighted by Crippen LogP contribution is 2.31. The summed E-state index contributed by atoms with van der Waals surface area (Å²) in [6.07, 6.45) is 2.35. The molecule has 1 aromatic rings. The fraction of sp³-hybridized carbons (Fsp3) is 0.412. The number of alkyl halides is 3. The molecule has 1 saturated heterocycles. The predicted octanol–water partition coefficient (Wildman–Crippen LogP) is 4.27. The number of hydrogen-bond donors (Lipinski definition) is 0. The lowest BCUT2D eigenvalue weighted by Gasteiger charge is -2.29. The molecule has 0 N–H and O–H groups in total. The third-order valence-electron chi connectivity index (χ3n) is 3.29. The molecule has 23 heavy (non-hydrogen) atoms. The van der Waals surface area contributed by atoms with Gasteiger partial charge in [0.15, 0.2) is 6.29 Å². The van der Waals surface area contributed by atoms with E-state index in [0.29, 0.717) is 12.2 Å². The lowest BCUT2D eigenvalue weighted by molar-refractivity contribution is -0.232. The zero-order valence-electron chi connectivity index (χ0n) is 12.8. The Morgan fingerprint density at radius 3 is 2.43 bits per heavy atom. The molecule has 0 amide bonds. The summed E-state index contributed by atoms with van der Waals surface area (Å²) >= 11 is 0. The van der Waals surface area contributed by atoms with Gasteiger partial charge >= 0.3 is 6.18 Å². The van der Waals surface area contributed by atoms with Crippen LogP contribution in [0.1, 0.15) is 24.2 Å². The second-order valence-corrected chi connectivity index (χ2v) is 4.99. The maximum atomic E-state index is 12.5. The van der Waals surface area contributed by atoms with Crippen LogP contribution in [0.5, 0.6) is 0 Å². The van der Waals surface area contributed by atoms with Crippen molar-refractivity contribution in [2.24, 2.45) is 0 Å². The molecule has 3 nitrogen and oxygen atoms in total. The van der Waals surface area contributed by atoms with Gasteiger partial charge in [0.2, 0.25) is 0 Å². The van der Waals surface area contributed by atoms with E-state index in [1.807, 2.05) is 31.2 Å². The monoisotopic (exact) mass is 328 g/mol. The van der Waals surface area contributed by atoms with Gasteiger partial charge in [-0.3, -0.25) is 0 Å². The second kappa shape index (κ2) is 8.29. The molecule has 2 rings (SSSR count). The summed E-state index contributed by atoms with van der Waals surface area (Å²) in [4.78, 5) is 0. The Kier molecular flexibility index (Phi) is 6.38. The Labute approximate surface area is 133 Å². The molecule has 0 saturated carbocycles. The fourth-order valence-electron chi connectivity index (χ4n) is 2.07. The van der Waals surface area contributed by atoms with E-state index < -0.39 is 18.0 Å². The molecule has 1 heterocycles. The Balaban J connectivity index is 1.80. The number of benzene rings is 1. The number of ether oxygens (including phenoxy) is 3. The van der Waals surface area contributed by atoms with E-state index in [0.717, 1.165) is 12.1 Å². The molecule has 1 fully saturated rings. The van der Waals surface area contributed by atoms with Crippen molar-refractivity contribution in [3.63, 3.8) is 0 Å². The van der Waals surface area contributed by atoms with E-state index in [1.54, 1.807) is 0 Å². The van der Waals surface area contributed by atoms with E-state index in [-0.39, 0.29) is 19.3 Å². The quantitative estimate of drug-likeness (QED) is 0.756. The number of hydrogen-bond acceptors (Lipinski definition) is 3. The van der Waals surface area contributed by atoms with Crippen LogP contribution in [0.3, 0.4) is 0 Å². The van der Waals surface area contributed by atoms with Crippen molar-refractivity contribution in [2.45, 2.75) is 25.5 Å². The summed E-state index contributed by atoms with van der Waals surface area (Å²) in [6.45, 7) is 2.81. The van der Waals surface area contributed by atoms with Crippen LogP contribution in [-0.2, 0) is 20.4 Å². The average molecular weight is 328 g/mol. The smallest absolute Gasteiger partial charge is 0.366 e. The Morgan fingerprint density at radius 1 is 1.13 bits per heavy atom. The topological polar surface area (TPSA) is 27.7 Å². The molecule has 0 spiro atoms. The van der Waals surface area contributed by atoms with Crippen molar-refractivity contribution in [3.05, 3.63) is 59.7 Å². The fourth-order valence-corrected chi connectivity index (χ4v) is 2.07. The van der Waals surface area contributed by atoms with Gasteiger partial charge in [-0.15, -0.1) is 0 Å². The van der Waals surface area contributed by atoms with Crippen molar-refractivity contribution in [3.8, 4) is 0 Å². The highest BCUT2D eigenvalue weighted by Gasteiger charge is 2.31. The standard InChI is InChI=1S/C17H19F3O3/c1-2-3-4-5-10-21-16-12-22-15(11-23-16)13-6-8-14(9-7-13)17(18,19)20/h2-9,15-16H,10-12H2,1H3/b3-2+,5-4+/t15-,16+/m1/s1. The molecular formula is C17H19F3O3. The normalized spacial score (nSPS) is 23.0. The maximum absolute atomic E-state index is 12.5. The molecule has 2 atom stereocenters. The van der Waals surface area contributed by atoms with Crippen LogP contribution < -0.4 is 0 Å².